The molecule has 0 unspecified atom stereocenters. The molecular weight excluding hydrogens is 330 g/mol. The van der Waals surface area contributed by atoms with Gasteiger partial charge in [-0.05, 0) is 42.7 Å². The Labute approximate surface area is 150 Å². The number of ketones is 1. The lowest BCUT2D eigenvalue weighted by Gasteiger charge is -2.13. The zero-order chi connectivity index (χ0) is 18.1. The van der Waals surface area contributed by atoms with E-state index in [1.54, 1.807) is 36.7 Å². The minimum atomic E-state index is -0.947. The molecule has 2 heterocycles. The summed E-state index contributed by atoms with van der Waals surface area (Å²) in [7, 11) is 0. The van der Waals surface area contributed by atoms with Gasteiger partial charge in [0.15, 0.2) is 5.78 Å². The second kappa shape index (κ2) is 6.55. The fraction of sp³-hybridized carbons (Fsp3) is 0.200. The highest BCUT2D eigenvalue weighted by molar-refractivity contribution is 6.03. The Morgan fingerprint density at radius 2 is 1.96 bits per heavy atom. The summed E-state index contributed by atoms with van der Waals surface area (Å²) in [5.41, 5.74) is 4.35. The van der Waals surface area contributed by atoms with Crippen LogP contribution in [0.4, 0.5) is 0 Å². The molecule has 0 amide bonds. The molecule has 6 nitrogen and oxygen atoms in total. The Morgan fingerprint density at radius 3 is 2.65 bits per heavy atom. The third-order valence-electron chi connectivity index (χ3n) is 4.62. The number of nitrogens with zero attached hydrogens (tertiary/aromatic N) is 3. The number of carbonyl (C=O) groups excluding carboxylic acids is 1. The molecule has 1 N–H and O–H groups in total. The van der Waals surface area contributed by atoms with Gasteiger partial charge in [0.05, 0.1) is 23.4 Å². The van der Waals surface area contributed by atoms with E-state index in [9.17, 15) is 9.59 Å². The summed E-state index contributed by atoms with van der Waals surface area (Å²) in [6.45, 7) is 0.496. The molecule has 0 aliphatic heterocycles. The molecule has 3 aromatic rings. The zero-order valence-corrected chi connectivity index (χ0v) is 14.1. The zero-order valence-electron chi connectivity index (χ0n) is 14.1. The van der Waals surface area contributed by atoms with Crippen LogP contribution in [0.3, 0.4) is 0 Å². The molecule has 1 aliphatic carbocycles. The van der Waals surface area contributed by atoms with Crippen LogP contribution < -0.4 is 0 Å². The van der Waals surface area contributed by atoms with Gasteiger partial charge in [-0.15, -0.1) is 0 Å². The lowest BCUT2D eigenvalue weighted by Crippen LogP contribution is -2.14. The monoisotopic (exact) mass is 347 g/mol. The number of rotatable bonds is 4. The van der Waals surface area contributed by atoms with Gasteiger partial charge in [-0.25, -0.2) is 4.79 Å². The first-order valence-electron chi connectivity index (χ1n) is 8.49. The topological polar surface area (TPSA) is 85.1 Å². The first-order valence-corrected chi connectivity index (χ1v) is 8.49. The van der Waals surface area contributed by atoms with Crippen LogP contribution in [-0.2, 0) is 13.0 Å². The van der Waals surface area contributed by atoms with Gasteiger partial charge in [0, 0.05) is 24.4 Å². The molecule has 1 aromatic carbocycles. The van der Waals surface area contributed by atoms with Gasteiger partial charge in [-0.2, -0.15) is 5.10 Å². The van der Waals surface area contributed by atoms with Crippen molar-refractivity contribution in [1.29, 1.82) is 0 Å². The summed E-state index contributed by atoms with van der Waals surface area (Å²) >= 11 is 0. The lowest BCUT2D eigenvalue weighted by atomic mass is 9.92. The van der Waals surface area contributed by atoms with Crippen molar-refractivity contribution in [1.82, 2.24) is 14.8 Å². The summed E-state index contributed by atoms with van der Waals surface area (Å²) in [6, 6.07) is 10.5. The normalized spacial score (nSPS) is 13.5. The van der Waals surface area contributed by atoms with Gasteiger partial charge in [-0.3, -0.25) is 14.5 Å². The van der Waals surface area contributed by atoms with E-state index in [0.717, 1.165) is 29.7 Å². The highest BCUT2D eigenvalue weighted by atomic mass is 16.4. The van der Waals surface area contributed by atoms with Crippen molar-refractivity contribution in [3.05, 3.63) is 71.2 Å². The predicted molar refractivity (Wildman–Crippen MR) is 95.2 cm³/mol. The van der Waals surface area contributed by atoms with Gasteiger partial charge < -0.3 is 5.11 Å². The van der Waals surface area contributed by atoms with Crippen molar-refractivity contribution >= 4 is 11.8 Å². The van der Waals surface area contributed by atoms with E-state index in [2.05, 4.69) is 4.98 Å². The molecule has 26 heavy (non-hydrogen) atoms. The van der Waals surface area contributed by atoms with Crippen LogP contribution in [0, 0.1) is 0 Å². The molecule has 4 rings (SSSR count). The molecule has 130 valence electrons. The number of aromatic carboxylic acids is 1. The second-order valence-electron chi connectivity index (χ2n) is 6.35. The summed E-state index contributed by atoms with van der Waals surface area (Å²) < 4.78 is 1.87. The molecule has 0 spiro atoms. The minimum Gasteiger partial charge on any atom is -0.478 e. The van der Waals surface area contributed by atoms with Crippen LogP contribution >= 0.6 is 0 Å². The van der Waals surface area contributed by atoms with Crippen molar-refractivity contribution < 1.29 is 14.7 Å². The first-order chi connectivity index (χ1) is 12.6. The average molecular weight is 347 g/mol. The van der Waals surface area contributed by atoms with Crippen molar-refractivity contribution in [2.24, 2.45) is 0 Å². The fourth-order valence-corrected chi connectivity index (χ4v) is 3.35. The minimum absolute atomic E-state index is 0.123. The van der Waals surface area contributed by atoms with E-state index < -0.39 is 5.97 Å². The van der Waals surface area contributed by atoms with Gasteiger partial charge in [0.25, 0.3) is 0 Å². The smallest absolute Gasteiger partial charge is 0.335 e. The van der Waals surface area contributed by atoms with Gasteiger partial charge >= 0.3 is 5.97 Å². The van der Waals surface area contributed by atoms with E-state index in [0.29, 0.717) is 24.2 Å². The summed E-state index contributed by atoms with van der Waals surface area (Å²) in [5, 5.41) is 13.7. The third-order valence-corrected chi connectivity index (χ3v) is 4.62. The largest absolute Gasteiger partial charge is 0.478 e. The number of aromatic nitrogens is 3. The molecular formula is C20H17N3O3. The Bertz CT molecular complexity index is 976. The SMILES string of the molecule is O=C(O)c1ccc(Cn2nc(-c3cccnc3)c3c2CCCC3=O)cc1. The van der Waals surface area contributed by atoms with Gasteiger partial charge in [-0.1, -0.05) is 12.1 Å². The number of fused-ring (bicyclic) bond motifs is 1. The number of hydrogen-bond donors (Lipinski definition) is 1. The molecule has 0 radical (unpaired) electrons. The van der Waals surface area contributed by atoms with Crippen molar-refractivity contribution in [3.63, 3.8) is 0 Å². The molecule has 1 aliphatic rings. The maximum absolute atomic E-state index is 12.5. The van der Waals surface area contributed by atoms with Crippen LogP contribution in [0.15, 0.2) is 48.8 Å². The first kappa shape index (κ1) is 16.2. The molecule has 0 fully saturated rings. The third kappa shape index (κ3) is 2.90. The van der Waals surface area contributed by atoms with Crippen molar-refractivity contribution in [2.75, 3.05) is 0 Å². The lowest BCUT2D eigenvalue weighted by molar-refractivity contribution is 0.0696. The molecule has 0 bridgehead atoms. The maximum Gasteiger partial charge on any atom is 0.335 e. The summed E-state index contributed by atoms with van der Waals surface area (Å²) in [4.78, 5) is 27.7. The fourth-order valence-electron chi connectivity index (χ4n) is 3.35. The number of carboxylic acids is 1. The second-order valence-corrected chi connectivity index (χ2v) is 6.35. The highest BCUT2D eigenvalue weighted by Crippen LogP contribution is 2.31. The Morgan fingerprint density at radius 1 is 1.15 bits per heavy atom. The quantitative estimate of drug-likeness (QED) is 0.783. The Balaban J connectivity index is 1.75. The number of Topliss-reactive ketones (excluding diaryl/α,β-unsaturated/α-hetero) is 1. The summed E-state index contributed by atoms with van der Waals surface area (Å²) in [6.07, 6.45) is 5.58. The van der Waals surface area contributed by atoms with E-state index in [1.165, 1.54) is 0 Å². The van der Waals surface area contributed by atoms with Gasteiger partial charge in [0.2, 0.25) is 0 Å². The number of carbonyl (C=O) groups is 2. The van der Waals surface area contributed by atoms with Gasteiger partial charge in [0.1, 0.15) is 5.69 Å². The van der Waals surface area contributed by atoms with E-state index >= 15 is 0 Å². The van der Waals surface area contributed by atoms with Crippen LogP contribution in [0.25, 0.3) is 11.3 Å². The average Bonchev–Trinajstić information content (AvgIpc) is 3.03. The number of pyridine rings is 1. The Kier molecular flexibility index (Phi) is 4.08. The van der Waals surface area contributed by atoms with E-state index in [-0.39, 0.29) is 11.3 Å². The molecule has 0 saturated carbocycles. The molecule has 0 saturated heterocycles. The number of carboxylic acid groups (broad SMARTS) is 1. The van der Waals surface area contributed by atoms with Crippen LogP contribution in [0.5, 0.6) is 0 Å². The van der Waals surface area contributed by atoms with E-state index in [1.807, 2.05) is 16.8 Å². The van der Waals surface area contributed by atoms with Crippen molar-refractivity contribution in [3.8, 4) is 11.3 Å². The maximum atomic E-state index is 12.5. The number of hydrogen-bond acceptors (Lipinski definition) is 4. The Hall–Kier alpha value is -3.28. The van der Waals surface area contributed by atoms with Crippen LogP contribution in [0.2, 0.25) is 0 Å². The van der Waals surface area contributed by atoms with Crippen LogP contribution in [0.1, 0.15) is 44.8 Å². The molecule has 2 aromatic heterocycles. The van der Waals surface area contributed by atoms with Crippen LogP contribution in [-0.4, -0.2) is 31.6 Å². The van der Waals surface area contributed by atoms with E-state index in [4.69, 9.17) is 10.2 Å². The number of benzene rings is 1. The predicted octanol–water partition coefficient (Wildman–Crippen LogP) is 3.21. The highest BCUT2D eigenvalue weighted by Gasteiger charge is 2.27. The standard InChI is InChI=1S/C20H17N3O3/c24-17-5-1-4-16-18(17)19(15-3-2-10-21-11-15)22-23(16)12-13-6-8-14(9-7-13)20(25)26/h2-3,6-11H,1,4-5,12H2,(H,25,26). The molecule has 6 heteroatoms. The van der Waals surface area contributed by atoms with Crippen molar-refractivity contribution in [2.45, 2.75) is 25.8 Å². The molecule has 0 atom stereocenters. The summed E-state index contributed by atoms with van der Waals surface area (Å²) in [5.74, 6) is -0.824.